The third-order valence-electron chi connectivity index (χ3n) is 13.4. The molecule has 0 radical (unpaired) electrons. The predicted molar refractivity (Wildman–Crippen MR) is 189 cm³/mol. The van der Waals surface area contributed by atoms with Gasteiger partial charge in [0.25, 0.3) is 0 Å². The number of benzene rings is 2. The largest absolute Gasteiger partial charge is 0.455 e. The van der Waals surface area contributed by atoms with Gasteiger partial charge in [-0.05, 0) is 73.3 Å². The van der Waals surface area contributed by atoms with E-state index in [1.807, 2.05) is 30.3 Å². The molecule has 0 saturated heterocycles. The van der Waals surface area contributed by atoms with Crippen molar-refractivity contribution in [2.45, 2.75) is 109 Å². The Labute approximate surface area is 300 Å². The van der Waals surface area contributed by atoms with Crippen LogP contribution >= 0.6 is 0 Å². The summed E-state index contributed by atoms with van der Waals surface area (Å²) in [6.07, 6.45) is -3.60. The van der Waals surface area contributed by atoms with Gasteiger partial charge in [0.15, 0.2) is 5.78 Å². The average Bonchev–Trinajstić information content (AvgIpc) is 3.10. The van der Waals surface area contributed by atoms with E-state index in [9.17, 15) is 29.7 Å². The molecule has 3 saturated carbocycles. The number of Topliss-reactive ketones (excluding diaryl/α,β-unsaturated/α-hetero) is 1. The highest BCUT2D eigenvalue weighted by Gasteiger charge is 2.74. The maximum absolute atomic E-state index is 14.8. The van der Waals surface area contributed by atoms with Gasteiger partial charge in [0.05, 0.1) is 35.8 Å². The standard InChI is InChI=1S/C41H53NO9/c1-23-28(50-22-29(49-7)32(42-24(2)43)25-14-10-8-11-15-25)21-41(48)36(51-37(47)26-16-12-9-13-17-26)34-39(5)19-18-27(39)20-30(44)40(34,6)35(46)33(45)31(23)38(41,3)4/h8-17,27-30,32-34,36,44-45,48H,18-22H2,1-7H3,(H,42,43)/t27?,28-,29-,30-,32-,33+,34?,36-,39+,40?,41+/m0/s1. The van der Waals surface area contributed by atoms with Crippen LogP contribution in [0.1, 0.15) is 89.2 Å². The van der Waals surface area contributed by atoms with Crippen molar-refractivity contribution in [1.82, 2.24) is 5.32 Å². The average molecular weight is 704 g/mol. The van der Waals surface area contributed by atoms with Gasteiger partial charge in [-0.15, -0.1) is 0 Å². The second-order valence-electron chi connectivity index (χ2n) is 16.2. The Hall–Kier alpha value is -3.41. The fourth-order valence-electron chi connectivity index (χ4n) is 10.2. The van der Waals surface area contributed by atoms with Gasteiger partial charge in [0.2, 0.25) is 5.91 Å². The molecule has 4 N–H and O–H groups in total. The molecule has 4 aliphatic carbocycles. The summed E-state index contributed by atoms with van der Waals surface area (Å²) < 4.78 is 19.0. The van der Waals surface area contributed by atoms with Crippen molar-refractivity contribution in [2.24, 2.45) is 28.1 Å². The van der Waals surface area contributed by atoms with Crippen molar-refractivity contribution in [2.75, 3.05) is 13.7 Å². The Morgan fingerprint density at radius 3 is 2.20 bits per heavy atom. The van der Waals surface area contributed by atoms with Crippen LogP contribution in [0.15, 0.2) is 71.8 Å². The van der Waals surface area contributed by atoms with Gasteiger partial charge in [-0.3, -0.25) is 9.59 Å². The molecule has 3 unspecified atom stereocenters. The van der Waals surface area contributed by atoms with Gasteiger partial charge >= 0.3 is 5.97 Å². The van der Waals surface area contributed by atoms with E-state index in [1.165, 1.54) is 14.0 Å². The molecule has 0 spiro atoms. The molecule has 10 heteroatoms. The zero-order valence-electron chi connectivity index (χ0n) is 30.7. The zero-order valence-corrected chi connectivity index (χ0v) is 30.7. The minimum absolute atomic E-state index is 0.0136. The maximum atomic E-state index is 14.8. The second-order valence-corrected chi connectivity index (χ2v) is 16.2. The van der Waals surface area contributed by atoms with Crippen LogP contribution in [0.4, 0.5) is 0 Å². The number of rotatable bonds is 9. The number of hydrogen-bond donors (Lipinski definition) is 4. The van der Waals surface area contributed by atoms with E-state index < -0.39 is 76.1 Å². The molecule has 0 heterocycles. The molecular formula is C41H53NO9. The van der Waals surface area contributed by atoms with E-state index in [2.05, 4.69) is 12.2 Å². The molecule has 2 bridgehead atoms. The quantitative estimate of drug-likeness (QED) is 0.215. The summed E-state index contributed by atoms with van der Waals surface area (Å²) in [6, 6.07) is 17.4. The fourth-order valence-corrected chi connectivity index (χ4v) is 10.2. The SMILES string of the molecule is CO[C@@H](CO[C@H]1C[C@@]2(O)[C@@H](OC(=O)c3ccccc3)C3C(C)(C(=O)[C@H](O)C(=C1C)C2(C)C)[C@@H](O)CC1CC[C@]13C)[C@@H](NC(C)=O)c1ccccc1. The van der Waals surface area contributed by atoms with E-state index in [4.69, 9.17) is 14.2 Å². The highest BCUT2D eigenvalue weighted by molar-refractivity contribution is 5.94. The van der Waals surface area contributed by atoms with Crippen molar-refractivity contribution in [1.29, 1.82) is 0 Å². The van der Waals surface area contributed by atoms with Gasteiger partial charge in [-0.2, -0.15) is 0 Å². The van der Waals surface area contributed by atoms with Crippen molar-refractivity contribution in [3.63, 3.8) is 0 Å². The van der Waals surface area contributed by atoms with Crippen molar-refractivity contribution < 1.29 is 43.9 Å². The van der Waals surface area contributed by atoms with Crippen LogP contribution < -0.4 is 5.32 Å². The predicted octanol–water partition coefficient (Wildman–Crippen LogP) is 4.71. The molecule has 2 aromatic carbocycles. The van der Waals surface area contributed by atoms with Gasteiger partial charge in [-0.25, -0.2) is 4.79 Å². The highest BCUT2D eigenvalue weighted by Crippen LogP contribution is 2.69. The first-order valence-electron chi connectivity index (χ1n) is 18.1. The number of ketones is 1. The number of hydrogen-bond acceptors (Lipinski definition) is 9. The monoisotopic (exact) mass is 703 g/mol. The van der Waals surface area contributed by atoms with Gasteiger partial charge in [-0.1, -0.05) is 69.3 Å². The van der Waals surface area contributed by atoms with Crippen molar-refractivity contribution in [3.05, 3.63) is 82.9 Å². The number of aliphatic hydroxyl groups is 3. The Morgan fingerprint density at radius 1 is 1.00 bits per heavy atom. The highest BCUT2D eigenvalue weighted by atomic mass is 16.6. The Morgan fingerprint density at radius 2 is 1.63 bits per heavy atom. The number of methoxy groups -OCH3 is 1. The Bertz CT molecular complexity index is 1680. The summed E-state index contributed by atoms with van der Waals surface area (Å²) in [6.45, 7) is 10.5. The first-order valence-corrected chi connectivity index (χ1v) is 18.1. The molecule has 0 aliphatic heterocycles. The molecule has 4 aliphatic rings. The fraction of sp³-hybridized carbons (Fsp3) is 0.585. The second kappa shape index (κ2) is 13.5. The van der Waals surface area contributed by atoms with E-state index in [-0.39, 0.29) is 30.4 Å². The summed E-state index contributed by atoms with van der Waals surface area (Å²) >= 11 is 0. The van der Waals surface area contributed by atoms with Crippen LogP contribution in [0, 0.1) is 28.1 Å². The number of carbonyl (C=O) groups is 3. The van der Waals surface area contributed by atoms with E-state index in [0.717, 1.165) is 12.0 Å². The number of amides is 1. The Balaban J connectivity index is 1.47. The molecule has 51 heavy (non-hydrogen) atoms. The first kappa shape index (κ1) is 37.4. The molecule has 276 valence electrons. The van der Waals surface area contributed by atoms with Crippen LogP contribution in [-0.4, -0.2) is 82.8 Å². The van der Waals surface area contributed by atoms with Gasteiger partial charge < -0.3 is 34.8 Å². The van der Waals surface area contributed by atoms with Gasteiger partial charge in [0.1, 0.15) is 23.9 Å². The maximum Gasteiger partial charge on any atom is 0.338 e. The van der Waals surface area contributed by atoms with Crippen molar-refractivity contribution >= 4 is 17.7 Å². The molecule has 3 fully saturated rings. The summed E-state index contributed by atoms with van der Waals surface area (Å²) in [5.74, 6) is -2.22. The van der Waals surface area contributed by atoms with Crippen molar-refractivity contribution in [3.8, 4) is 0 Å². The number of esters is 1. The molecule has 0 aromatic heterocycles. The summed E-state index contributed by atoms with van der Waals surface area (Å²) in [4.78, 5) is 41.1. The van der Waals surface area contributed by atoms with E-state index >= 15 is 0 Å². The molecule has 2 aromatic rings. The molecule has 1 amide bonds. The molecule has 6 rings (SSSR count). The van der Waals surface area contributed by atoms with Crippen LogP contribution in [0.3, 0.4) is 0 Å². The minimum Gasteiger partial charge on any atom is -0.455 e. The number of nitrogens with one attached hydrogen (secondary N) is 1. The third kappa shape index (κ3) is 5.87. The lowest BCUT2D eigenvalue weighted by molar-refractivity contribution is -0.267. The summed E-state index contributed by atoms with van der Waals surface area (Å²) in [7, 11) is 1.53. The van der Waals surface area contributed by atoms with Crippen LogP contribution in [0.5, 0.6) is 0 Å². The topological polar surface area (TPSA) is 152 Å². The number of fused-ring (bicyclic) bond motifs is 5. The van der Waals surface area contributed by atoms with E-state index in [1.54, 1.807) is 58.0 Å². The Kier molecular flexibility index (Phi) is 9.91. The third-order valence-corrected chi connectivity index (χ3v) is 13.4. The molecule has 11 atom stereocenters. The van der Waals surface area contributed by atoms with Gasteiger partial charge in [0, 0.05) is 31.8 Å². The lowest BCUT2D eigenvalue weighted by Gasteiger charge is -2.68. The zero-order chi connectivity index (χ0) is 37.1. The van der Waals surface area contributed by atoms with E-state index in [0.29, 0.717) is 24.0 Å². The number of aliphatic hydroxyl groups excluding tert-OH is 2. The first-order chi connectivity index (χ1) is 24.0. The molecular weight excluding hydrogens is 650 g/mol. The lowest BCUT2D eigenvalue weighted by atomic mass is 9.37. The number of ether oxygens (including phenoxy) is 3. The van der Waals surface area contributed by atoms with Crippen LogP contribution in [0.25, 0.3) is 0 Å². The van der Waals surface area contributed by atoms with Crippen LogP contribution in [-0.2, 0) is 23.8 Å². The summed E-state index contributed by atoms with van der Waals surface area (Å²) in [5.41, 5.74) is -3.25. The number of carbonyl (C=O) groups excluding carboxylic acids is 3. The normalized spacial score (nSPS) is 36.7. The van der Waals surface area contributed by atoms with Crippen LogP contribution in [0.2, 0.25) is 0 Å². The summed E-state index contributed by atoms with van der Waals surface area (Å²) in [5, 5.41) is 40.3. The lowest BCUT2D eigenvalue weighted by Crippen LogP contribution is -2.75. The minimum atomic E-state index is -1.86. The molecule has 10 nitrogen and oxygen atoms in total. The smallest absolute Gasteiger partial charge is 0.338 e.